The van der Waals surface area contributed by atoms with Crippen LogP contribution in [0.4, 0.5) is 0 Å². The number of aryl methyl sites for hydroxylation is 1. The van der Waals surface area contributed by atoms with E-state index in [1.165, 1.54) is 0 Å². The van der Waals surface area contributed by atoms with Crippen LogP contribution in [0.1, 0.15) is 42.7 Å². The normalized spacial score (nSPS) is 12.6. The summed E-state index contributed by atoms with van der Waals surface area (Å²) in [5.41, 5.74) is 3.00. The van der Waals surface area contributed by atoms with Gasteiger partial charge in [-0.1, -0.05) is 44.2 Å². The first-order valence-electron chi connectivity index (χ1n) is 7.58. The standard InChI is InChI=1S/C17H25N3O2/c1-12(2)16-14(17(22-4)20(3)19-16)10-18-11-15(21)13-8-6-5-7-9-13/h5-9,12,15,18,21H,10-11H2,1-4H3/t15-/m0/s1. The molecule has 0 aliphatic heterocycles. The van der Waals surface area contributed by atoms with Crippen molar-refractivity contribution in [2.45, 2.75) is 32.4 Å². The number of nitrogens with one attached hydrogen (secondary N) is 1. The van der Waals surface area contributed by atoms with Crippen LogP contribution < -0.4 is 10.1 Å². The van der Waals surface area contributed by atoms with Gasteiger partial charge in [0.2, 0.25) is 5.88 Å². The third-order valence-electron chi connectivity index (χ3n) is 3.68. The maximum Gasteiger partial charge on any atom is 0.216 e. The molecule has 1 atom stereocenters. The maximum absolute atomic E-state index is 10.2. The molecule has 0 aliphatic carbocycles. The van der Waals surface area contributed by atoms with E-state index < -0.39 is 6.10 Å². The first-order valence-corrected chi connectivity index (χ1v) is 7.58. The van der Waals surface area contributed by atoms with Crippen LogP contribution in [0.3, 0.4) is 0 Å². The third-order valence-corrected chi connectivity index (χ3v) is 3.68. The van der Waals surface area contributed by atoms with Crippen molar-refractivity contribution in [2.24, 2.45) is 7.05 Å². The number of aliphatic hydroxyl groups excluding tert-OH is 1. The Balaban J connectivity index is 2.02. The minimum Gasteiger partial charge on any atom is -0.481 e. The van der Waals surface area contributed by atoms with E-state index in [4.69, 9.17) is 4.74 Å². The summed E-state index contributed by atoms with van der Waals surface area (Å²) in [5.74, 6) is 1.09. The fourth-order valence-electron chi connectivity index (χ4n) is 2.58. The Morgan fingerprint density at radius 2 is 1.95 bits per heavy atom. The number of hydrogen-bond acceptors (Lipinski definition) is 4. The first kappa shape index (κ1) is 16.5. The van der Waals surface area contributed by atoms with Crippen LogP contribution in [0.25, 0.3) is 0 Å². The summed E-state index contributed by atoms with van der Waals surface area (Å²) in [5, 5.41) is 18.0. The topological polar surface area (TPSA) is 59.3 Å². The van der Waals surface area contributed by atoms with Gasteiger partial charge in [-0.15, -0.1) is 0 Å². The molecule has 0 fully saturated rings. The minimum absolute atomic E-state index is 0.325. The number of methoxy groups -OCH3 is 1. The number of nitrogens with zero attached hydrogens (tertiary/aromatic N) is 2. The number of aliphatic hydroxyl groups is 1. The van der Waals surface area contributed by atoms with Gasteiger partial charge in [0.05, 0.1) is 24.5 Å². The van der Waals surface area contributed by atoms with Gasteiger partial charge in [-0.05, 0) is 11.5 Å². The Kier molecular flexibility index (Phi) is 5.57. The van der Waals surface area contributed by atoms with E-state index in [1.807, 2.05) is 37.4 Å². The zero-order valence-corrected chi connectivity index (χ0v) is 13.7. The number of ether oxygens (including phenoxy) is 1. The summed E-state index contributed by atoms with van der Waals surface area (Å²) in [6.45, 7) is 5.34. The summed E-state index contributed by atoms with van der Waals surface area (Å²) < 4.78 is 7.21. The predicted octanol–water partition coefficient (Wildman–Crippen LogP) is 2.38. The van der Waals surface area contributed by atoms with Crippen molar-refractivity contribution in [3.63, 3.8) is 0 Å². The van der Waals surface area contributed by atoms with Crippen molar-refractivity contribution in [2.75, 3.05) is 13.7 Å². The molecule has 1 heterocycles. The molecule has 1 aromatic heterocycles. The molecule has 2 rings (SSSR count). The van der Waals surface area contributed by atoms with Gasteiger partial charge in [-0.3, -0.25) is 0 Å². The molecule has 2 N–H and O–H groups in total. The number of hydrogen-bond donors (Lipinski definition) is 2. The lowest BCUT2D eigenvalue weighted by Crippen LogP contribution is -2.21. The molecule has 0 amide bonds. The quantitative estimate of drug-likeness (QED) is 0.824. The minimum atomic E-state index is -0.522. The van der Waals surface area contributed by atoms with Gasteiger partial charge in [0.15, 0.2) is 0 Å². The lowest BCUT2D eigenvalue weighted by molar-refractivity contribution is 0.174. The molecule has 0 radical (unpaired) electrons. The molecule has 2 aromatic rings. The van der Waals surface area contributed by atoms with Crippen LogP contribution in [-0.2, 0) is 13.6 Å². The Hall–Kier alpha value is -1.85. The highest BCUT2D eigenvalue weighted by Crippen LogP contribution is 2.27. The zero-order chi connectivity index (χ0) is 16.1. The molecular formula is C17H25N3O2. The van der Waals surface area contributed by atoms with Crippen LogP contribution >= 0.6 is 0 Å². The smallest absolute Gasteiger partial charge is 0.216 e. The van der Waals surface area contributed by atoms with Crippen LogP contribution in [0, 0.1) is 0 Å². The van der Waals surface area contributed by atoms with E-state index >= 15 is 0 Å². The van der Waals surface area contributed by atoms with Crippen molar-refractivity contribution in [3.8, 4) is 5.88 Å². The SMILES string of the molecule is COc1c(CNC[C@H](O)c2ccccc2)c(C(C)C)nn1C. The van der Waals surface area contributed by atoms with E-state index in [1.54, 1.807) is 11.8 Å². The Labute approximate surface area is 131 Å². The largest absolute Gasteiger partial charge is 0.481 e. The Morgan fingerprint density at radius 1 is 1.27 bits per heavy atom. The second-order valence-corrected chi connectivity index (χ2v) is 5.71. The van der Waals surface area contributed by atoms with Gasteiger partial charge in [-0.25, -0.2) is 4.68 Å². The third kappa shape index (κ3) is 3.67. The molecule has 0 saturated carbocycles. The molecular weight excluding hydrogens is 278 g/mol. The summed E-state index contributed by atoms with van der Waals surface area (Å²) in [6, 6.07) is 9.66. The lowest BCUT2D eigenvalue weighted by atomic mass is 10.1. The maximum atomic E-state index is 10.2. The number of aromatic nitrogens is 2. The van der Waals surface area contributed by atoms with Gasteiger partial charge < -0.3 is 15.2 Å². The second kappa shape index (κ2) is 7.42. The average molecular weight is 303 g/mol. The summed E-state index contributed by atoms with van der Waals surface area (Å²) in [6.07, 6.45) is -0.522. The van der Waals surface area contributed by atoms with Crippen LogP contribution in [0.15, 0.2) is 30.3 Å². The van der Waals surface area contributed by atoms with Crippen LogP contribution in [0.2, 0.25) is 0 Å². The van der Waals surface area contributed by atoms with Gasteiger partial charge >= 0.3 is 0 Å². The van der Waals surface area contributed by atoms with Crippen molar-refractivity contribution in [1.29, 1.82) is 0 Å². The van der Waals surface area contributed by atoms with E-state index in [0.717, 1.165) is 22.7 Å². The van der Waals surface area contributed by atoms with Crippen molar-refractivity contribution >= 4 is 0 Å². The van der Waals surface area contributed by atoms with Crippen molar-refractivity contribution in [1.82, 2.24) is 15.1 Å². The van der Waals surface area contributed by atoms with Crippen LogP contribution in [-0.4, -0.2) is 28.5 Å². The molecule has 0 saturated heterocycles. The van der Waals surface area contributed by atoms with E-state index in [9.17, 15) is 5.11 Å². The van der Waals surface area contributed by atoms with E-state index in [0.29, 0.717) is 19.0 Å². The highest BCUT2D eigenvalue weighted by atomic mass is 16.5. The van der Waals surface area contributed by atoms with E-state index in [-0.39, 0.29) is 0 Å². The number of benzene rings is 1. The highest BCUT2D eigenvalue weighted by molar-refractivity contribution is 5.33. The fourth-order valence-corrected chi connectivity index (χ4v) is 2.58. The predicted molar refractivity (Wildman–Crippen MR) is 87.0 cm³/mol. The average Bonchev–Trinajstić information content (AvgIpc) is 2.84. The first-order chi connectivity index (χ1) is 10.5. The van der Waals surface area contributed by atoms with E-state index in [2.05, 4.69) is 24.3 Å². The molecule has 0 spiro atoms. The molecule has 1 aromatic carbocycles. The summed E-state index contributed by atoms with van der Waals surface area (Å²) >= 11 is 0. The highest BCUT2D eigenvalue weighted by Gasteiger charge is 2.19. The molecule has 5 nitrogen and oxygen atoms in total. The molecule has 0 unspecified atom stereocenters. The lowest BCUT2D eigenvalue weighted by Gasteiger charge is -2.13. The molecule has 22 heavy (non-hydrogen) atoms. The van der Waals surface area contributed by atoms with Gasteiger partial charge in [-0.2, -0.15) is 5.10 Å². The van der Waals surface area contributed by atoms with Crippen molar-refractivity contribution in [3.05, 3.63) is 47.2 Å². The Morgan fingerprint density at radius 3 is 2.55 bits per heavy atom. The monoisotopic (exact) mass is 303 g/mol. The number of rotatable bonds is 7. The fraction of sp³-hybridized carbons (Fsp3) is 0.471. The molecule has 5 heteroatoms. The molecule has 120 valence electrons. The second-order valence-electron chi connectivity index (χ2n) is 5.71. The zero-order valence-electron chi connectivity index (χ0n) is 13.7. The summed E-state index contributed by atoms with van der Waals surface area (Å²) in [7, 11) is 3.54. The Bertz CT molecular complexity index is 593. The van der Waals surface area contributed by atoms with Gasteiger partial charge in [0.25, 0.3) is 0 Å². The summed E-state index contributed by atoms with van der Waals surface area (Å²) in [4.78, 5) is 0. The van der Waals surface area contributed by atoms with Crippen molar-refractivity contribution < 1.29 is 9.84 Å². The van der Waals surface area contributed by atoms with Crippen LogP contribution in [0.5, 0.6) is 5.88 Å². The molecule has 0 bridgehead atoms. The van der Waals surface area contributed by atoms with Gasteiger partial charge in [0.1, 0.15) is 0 Å². The molecule has 0 aliphatic rings. The van der Waals surface area contributed by atoms with Gasteiger partial charge in [0, 0.05) is 20.1 Å².